The first-order valence-electron chi connectivity index (χ1n) is 10.3. The average molecular weight is 345 g/mol. The predicted molar refractivity (Wildman–Crippen MR) is 104 cm³/mol. The van der Waals surface area contributed by atoms with Crippen molar-refractivity contribution in [2.75, 3.05) is 0 Å². The number of fused-ring (bicyclic) bond motifs is 1. The molecule has 3 saturated carbocycles. The molecule has 0 saturated heterocycles. The van der Waals surface area contributed by atoms with Gasteiger partial charge in [0.15, 0.2) is 0 Å². The van der Waals surface area contributed by atoms with Crippen molar-refractivity contribution in [2.45, 2.75) is 84.3 Å². The fourth-order valence-electron chi connectivity index (χ4n) is 5.92. The Morgan fingerprint density at radius 3 is 2.52 bits per heavy atom. The highest BCUT2D eigenvalue weighted by Gasteiger charge is 2.50. The third-order valence-electron chi connectivity index (χ3n) is 7.67. The molecule has 0 aromatic carbocycles. The molecule has 3 aliphatic carbocycles. The molecule has 0 aromatic heterocycles. The van der Waals surface area contributed by atoms with Gasteiger partial charge in [-0.05, 0) is 73.7 Å². The molecule has 0 aliphatic heterocycles. The van der Waals surface area contributed by atoms with Crippen LogP contribution in [-0.4, -0.2) is 22.4 Å². The predicted octanol–water partition coefficient (Wildman–Crippen LogP) is 5.17. The molecule has 0 bridgehead atoms. The van der Waals surface area contributed by atoms with Gasteiger partial charge in [0.2, 0.25) is 0 Å². The minimum atomic E-state index is -0.591. The third-order valence-corrected chi connectivity index (χ3v) is 7.67. The summed E-state index contributed by atoms with van der Waals surface area (Å²) in [7, 11) is 0. The summed E-state index contributed by atoms with van der Waals surface area (Å²) in [6.45, 7) is 11.1. The van der Waals surface area contributed by atoms with Crippen LogP contribution in [0.15, 0.2) is 35.5 Å². The van der Waals surface area contributed by atoms with Crippen molar-refractivity contribution in [3.05, 3.63) is 35.5 Å². The fourth-order valence-corrected chi connectivity index (χ4v) is 5.92. The lowest BCUT2D eigenvalue weighted by molar-refractivity contribution is 0.0961. The smallest absolute Gasteiger partial charge is 0.0809 e. The first-order chi connectivity index (χ1) is 11.9. The lowest BCUT2D eigenvalue weighted by Gasteiger charge is -2.44. The van der Waals surface area contributed by atoms with Crippen LogP contribution in [0.5, 0.6) is 0 Å². The minimum absolute atomic E-state index is 0.470. The van der Waals surface area contributed by atoms with Gasteiger partial charge in [0.25, 0.3) is 0 Å². The van der Waals surface area contributed by atoms with Crippen molar-refractivity contribution in [3.8, 4) is 0 Å². The van der Waals surface area contributed by atoms with Crippen LogP contribution in [-0.2, 0) is 0 Å². The molecule has 0 aromatic rings. The van der Waals surface area contributed by atoms with E-state index in [1.165, 1.54) is 38.5 Å². The van der Waals surface area contributed by atoms with Crippen LogP contribution in [0.4, 0.5) is 0 Å². The summed E-state index contributed by atoms with van der Waals surface area (Å²) in [6, 6.07) is 0. The molecule has 0 spiro atoms. The van der Waals surface area contributed by atoms with Gasteiger partial charge in [-0.3, -0.25) is 0 Å². The molecule has 0 radical (unpaired) electrons. The highest BCUT2D eigenvalue weighted by molar-refractivity contribution is 5.29. The van der Waals surface area contributed by atoms with Crippen molar-refractivity contribution >= 4 is 0 Å². The minimum Gasteiger partial charge on any atom is -0.388 e. The Balaban J connectivity index is 1.78. The van der Waals surface area contributed by atoms with E-state index in [2.05, 4.69) is 39.5 Å². The first kappa shape index (κ1) is 18.9. The standard InChI is InChI=1S/C23H36O2/c1-5-15(2)19-10-11-20-18(7-6-12-23(19,20)4)9-8-17-13-21(24)16(3)22(25)14-17/h8-9,15,19-22,24-25H,3,5-7,10-14H2,1-2,4H3/b17-8-,18-9+/t15-,19?,20?,21?,22+,23+/m0/s1. The molecule has 3 aliphatic rings. The highest BCUT2D eigenvalue weighted by atomic mass is 16.3. The van der Waals surface area contributed by atoms with Crippen LogP contribution >= 0.6 is 0 Å². The summed E-state index contributed by atoms with van der Waals surface area (Å²) in [5.74, 6) is 2.41. The van der Waals surface area contributed by atoms with E-state index in [4.69, 9.17) is 0 Å². The van der Waals surface area contributed by atoms with Gasteiger partial charge >= 0.3 is 0 Å². The Morgan fingerprint density at radius 2 is 1.88 bits per heavy atom. The van der Waals surface area contributed by atoms with Crippen molar-refractivity contribution in [2.24, 2.45) is 23.2 Å². The van der Waals surface area contributed by atoms with Crippen molar-refractivity contribution in [3.63, 3.8) is 0 Å². The molecule has 3 rings (SSSR count). The van der Waals surface area contributed by atoms with Crippen LogP contribution in [0.3, 0.4) is 0 Å². The molecule has 3 unspecified atom stereocenters. The Hall–Kier alpha value is -0.860. The summed E-state index contributed by atoms with van der Waals surface area (Å²) < 4.78 is 0. The highest BCUT2D eigenvalue weighted by Crippen LogP contribution is 2.59. The zero-order chi connectivity index (χ0) is 18.2. The zero-order valence-electron chi connectivity index (χ0n) is 16.3. The first-order valence-corrected chi connectivity index (χ1v) is 10.3. The molecule has 2 N–H and O–H groups in total. The summed E-state index contributed by atoms with van der Waals surface area (Å²) in [5.41, 5.74) is 3.81. The second kappa shape index (κ2) is 7.40. The Bertz CT molecular complexity index is 557. The van der Waals surface area contributed by atoms with Gasteiger partial charge in [-0.15, -0.1) is 0 Å². The SMILES string of the molecule is C=C1C(O)C/C(=C/C=C2\CCC[C@@]3(C)C2CCC3[C@@H](C)CC)C[C@H]1O. The number of rotatable bonds is 3. The van der Waals surface area contributed by atoms with E-state index in [0.29, 0.717) is 23.8 Å². The number of aliphatic hydroxyl groups is 2. The molecule has 0 amide bonds. The maximum Gasteiger partial charge on any atom is 0.0809 e. The maximum atomic E-state index is 10.0. The van der Waals surface area contributed by atoms with E-state index >= 15 is 0 Å². The van der Waals surface area contributed by atoms with Crippen molar-refractivity contribution < 1.29 is 10.2 Å². The van der Waals surface area contributed by atoms with E-state index in [-0.39, 0.29) is 0 Å². The van der Waals surface area contributed by atoms with Gasteiger partial charge in [0, 0.05) is 0 Å². The summed E-state index contributed by atoms with van der Waals surface area (Å²) >= 11 is 0. The van der Waals surface area contributed by atoms with Crippen molar-refractivity contribution in [1.82, 2.24) is 0 Å². The fraction of sp³-hybridized carbons (Fsp3) is 0.739. The van der Waals surface area contributed by atoms with E-state index in [1.54, 1.807) is 5.57 Å². The number of hydrogen-bond donors (Lipinski definition) is 2. The van der Waals surface area contributed by atoms with Gasteiger partial charge in [-0.25, -0.2) is 0 Å². The quantitative estimate of drug-likeness (QED) is 0.693. The summed E-state index contributed by atoms with van der Waals surface area (Å²) in [4.78, 5) is 0. The lowest BCUT2D eigenvalue weighted by Crippen LogP contribution is -2.35. The largest absolute Gasteiger partial charge is 0.388 e. The second-order valence-corrected chi connectivity index (χ2v) is 9.06. The molecular weight excluding hydrogens is 308 g/mol. The summed E-state index contributed by atoms with van der Waals surface area (Å²) in [6.07, 6.45) is 12.5. The van der Waals surface area contributed by atoms with Gasteiger partial charge in [0.1, 0.15) is 0 Å². The van der Waals surface area contributed by atoms with E-state index in [1.807, 2.05) is 0 Å². The molecule has 140 valence electrons. The lowest BCUT2D eigenvalue weighted by atomic mass is 9.61. The molecule has 2 heteroatoms. The van der Waals surface area contributed by atoms with Crippen LogP contribution < -0.4 is 0 Å². The number of aliphatic hydroxyl groups excluding tert-OH is 2. The number of hydrogen-bond acceptors (Lipinski definition) is 2. The Kier molecular flexibility index (Phi) is 5.60. The third kappa shape index (κ3) is 3.53. The van der Waals surface area contributed by atoms with E-state index < -0.39 is 12.2 Å². The van der Waals surface area contributed by atoms with Gasteiger partial charge in [0.05, 0.1) is 12.2 Å². The molecular formula is C23H36O2. The van der Waals surface area contributed by atoms with E-state index in [9.17, 15) is 10.2 Å². The Morgan fingerprint density at radius 1 is 1.20 bits per heavy atom. The normalized spacial score (nSPS) is 43.5. The second-order valence-electron chi connectivity index (χ2n) is 9.06. The monoisotopic (exact) mass is 344 g/mol. The summed E-state index contributed by atoms with van der Waals surface area (Å²) in [5, 5.41) is 20.1. The van der Waals surface area contributed by atoms with E-state index in [0.717, 1.165) is 23.3 Å². The van der Waals surface area contributed by atoms with Crippen molar-refractivity contribution in [1.29, 1.82) is 0 Å². The molecule has 2 nitrogen and oxygen atoms in total. The van der Waals surface area contributed by atoms with Crippen LogP contribution in [0.2, 0.25) is 0 Å². The molecule has 25 heavy (non-hydrogen) atoms. The zero-order valence-corrected chi connectivity index (χ0v) is 16.3. The van der Waals surface area contributed by atoms with Gasteiger partial charge in [-0.1, -0.05) is 57.1 Å². The van der Waals surface area contributed by atoms with Gasteiger partial charge in [-0.2, -0.15) is 0 Å². The average Bonchev–Trinajstić information content (AvgIpc) is 2.94. The molecule has 6 atom stereocenters. The van der Waals surface area contributed by atoms with Crippen LogP contribution in [0, 0.1) is 23.2 Å². The maximum absolute atomic E-state index is 10.0. The topological polar surface area (TPSA) is 40.5 Å². The van der Waals surface area contributed by atoms with Crippen LogP contribution in [0.1, 0.15) is 72.1 Å². The molecule has 3 fully saturated rings. The van der Waals surface area contributed by atoms with Gasteiger partial charge < -0.3 is 10.2 Å². The Labute approximate surface area is 153 Å². The van der Waals surface area contributed by atoms with Crippen LogP contribution in [0.25, 0.3) is 0 Å². The molecule has 0 heterocycles. The number of allylic oxidation sites excluding steroid dienone is 3.